The van der Waals surface area contributed by atoms with Crippen LogP contribution in [0, 0.1) is 6.92 Å². The Hall–Kier alpha value is -2.86. The van der Waals surface area contributed by atoms with Crippen LogP contribution in [0.3, 0.4) is 0 Å². The van der Waals surface area contributed by atoms with Crippen molar-refractivity contribution >= 4 is 23.2 Å². The van der Waals surface area contributed by atoms with Crippen LogP contribution in [0.1, 0.15) is 24.8 Å². The number of benzene rings is 2. The first-order valence-corrected chi connectivity index (χ1v) is 9.05. The number of anilines is 1. The molecule has 6 nitrogen and oxygen atoms in total. The van der Waals surface area contributed by atoms with Gasteiger partial charge in [-0.2, -0.15) is 0 Å². The fourth-order valence-electron chi connectivity index (χ4n) is 2.50. The van der Waals surface area contributed by atoms with Crippen molar-refractivity contribution in [2.75, 3.05) is 11.9 Å². The van der Waals surface area contributed by atoms with Crippen LogP contribution in [0.4, 0.5) is 5.69 Å². The standard InChI is InChI=1S/C20H20ClN3O3/c1-3-26-19-15(21)5-4-6-16(19)22-17(25)11-12-18-23-24-20(27-18)14-9-7-13(2)8-10-14/h4-10H,3,11-12H2,1-2H3,(H,22,25). The highest BCUT2D eigenvalue weighted by Gasteiger charge is 2.13. The minimum Gasteiger partial charge on any atom is -0.490 e. The van der Waals surface area contributed by atoms with Gasteiger partial charge in [-0.05, 0) is 38.1 Å². The topological polar surface area (TPSA) is 77.2 Å². The molecule has 27 heavy (non-hydrogen) atoms. The number of carbonyl (C=O) groups excluding carboxylic acids is 1. The number of halogens is 1. The van der Waals surface area contributed by atoms with Crippen molar-refractivity contribution in [1.29, 1.82) is 0 Å². The van der Waals surface area contributed by atoms with Crippen molar-refractivity contribution < 1.29 is 13.9 Å². The first-order chi connectivity index (χ1) is 13.1. The van der Waals surface area contributed by atoms with E-state index < -0.39 is 0 Å². The summed E-state index contributed by atoms with van der Waals surface area (Å²) in [6.45, 7) is 4.32. The molecule has 0 unspecified atom stereocenters. The molecule has 1 N–H and O–H groups in total. The molecule has 0 spiro atoms. The SMILES string of the molecule is CCOc1c(Cl)cccc1NC(=O)CCc1nnc(-c2ccc(C)cc2)o1. The molecule has 7 heteroatoms. The molecular weight excluding hydrogens is 366 g/mol. The van der Waals surface area contributed by atoms with Crippen LogP contribution < -0.4 is 10.1 Å². The number of hydrogen-bond acceptors (Lipinski definition) is 5. The number of rotatable bonds is 7. The van der Waals surface area contributed by atoms with Gasteiger partial charge in [-0.1, -0.05) is 35.4 Å². The highest BCUT2D eigenvalue weighted by Crippen LogP contribution is 2.33. The first-order valence-electron chi connectivity index (χ1n) is 8.67. The fraction of sp³-hybridized carbons (Fsp3) is 0.250. The summed E-state index contributed by atoms with van der Waals surface area (Å²) in [4.78, 5) is 12.3. The predicted octanol–water partition coefficient (Wildman–Crippen LogP) is 4.67. The largest absolute Gasteiger partial charge is 0.490 e. The minimum atomic E-state index is -0.187. The summed E-state index contributed by atoms with van der Waals surface area (Å²) in [5, 5.41) is 11.3. The maximum absolute atomic E-state index is 12.3. The van der Waals surface area contributed by atoms with Gasteiger partial charge in [0.15, 0.2) is 5.75 Å². The molecule has 1 amide bonds. The summed E-state index contributed by atoms with van der Waals surface area (Å²) >= 11 is 6.13. The summed E-state index contributed by atoms with van der Waals surface area (Å²) in [6, 6.07) is 13.0. The summed E-state index contributed by atoms with van der Waals surface area (Å²) < 4.78 is 11.1. The van der Waals surface area contributed by atoms with E-state index in [0.29, 0.717) is 41.3 Å². The molecule has 0 atom stereocenters. The predicted molar refractivity (Wildman–Crippen MR) is 104 cm³/mol. The van der Waals surface area contributed by atoms with Crippen LogP contribution in [-0.2, 0) is 11.2 Å². The zero-order chi connectivity index (χ0) is 19.2. The Morgan fingerprint density at radius 3 is 2.70 bits per heavy atom. The lowest BCUT2D eigenvalue weighted by Crippen LogP contribution is -2.13. The summed E-state index contributed by atoms with van der Waals surface area (Å²) in [5.74, 6) is 1.14. The van der Waals surface area contributed by atoms with E-state index in [1.54, 1.807) is 18.2 Å². The van der Waals surface area contributed by atoms with E-state index in [2.05, 4.69) is 15.5 Å². The van der Waals surface area contributed by atoms with Gasteiger partial charge in [0.25, 0.3) is 0 Å². The maximum Gasteiger partial charge on any atom is 0.247 e. The lowest BCUT2D eigenvalue weighted by atomic mass is 10.1. The minimum absolute atomic E-state index is 0.187. The van der Waals surface area contributed by atoms with E-state index in [4.69, 9.17) is 20.8 Å². The summed E-state index contributed by atoms with van der Waals surface area (Å²) in [6.07, 6.45) is 0.544. The van der Waals surface area contributed by atoms with Gasteiger partial charge < -0.3 is 14.5 Å². The Kier molecular flexibility index (Phi) is 6.08. The molecule has 0 saturated heterocycles. The van der Waals surface area contributed by atoms with E-state index >= 15 is 0 Å². The lowest BCUT2D eigenvalue weighted by Gasteiger charge is -2.12. The van der Waals surface area contributed by atoms with Crippen LogP contribution in [0.25, 0.3) is 11.5 Å². The Bertz CT molecular complexity index is 922. The number of aryl methyl sites for hydroxylation is 2. The van der Waals surface area contributed by atoms with E-state index in [1.807, 2.05) is 38.1 Å². The Labute approximate surface area is 162 Å². The molecule has 0 aliphatic rings. The van der Waals surface area contributed by atoms with E-state index in [0.717, 1.165) is 11.1 Å². The van der Waals surface area contributed by atoms with Crippen molar-refractivity contribution in [3.8, 4) is 17.2 Å². The molecule has 0 radical (unpaired) electrons. The average Bonchev–Trinajstić information content (AvgIpc) is 3.12. The number of carbonyl (C=O) groups is 1. The highest BCUT2D eigenvalue weighted by atomic mass is 35.5. The van der Waals surface area contributed by atoms with Gasteiger partial charge in [-0.25, -0.2) is 0 Å². The molecule has 0 aliphatic heterocycles. The number of nitrogens with one attached hydrogen (secondary N) is 1. The van der Waals surface area contributed by atoms with Crippen molar-refractivity contribution in [1.82, 2.24) is 10.2 Å². The highest BCUT2D eigenvalue weighted by molar-refractivity contribution is 6.32. The second kappa shape index (κ2) is 8.68. The van der Waals surface area contributed by atoms with Gasteiger partial charge in [0.1, 0.15) is 0 Å². The van der Waals surface area contributed by atoms with Gasteiger partial charge >= 0.3 is 0 Å². The Balaban J connectivity index is 1.60. The molecule has 2 aromatic carbocycles. The fourth-order valence-corrected chi connectivity index (χ4v) is 2.73. The van der Waals surface area contributed by atoms with Crippen molar-refractivity contribution in [3.63, 3.8) is 0 Å². The summed E-state index contributed by atoms with van der Waals surface area (Å²) in [5.41, 5.74) is 2.55. The van der Waals surface area contributed by atoms with Gasteiger partial charge in [-0.15, -0.1) is 10.2 Å². The van der Waals surface area contributed by atoms with Crippen molar-refractivity contribution in [2.45, 2.75) is 26.7 Å². The van der Waals surface area contributed by atoms with Gasteiger partial charge in [0.05, 0.1) is 17.3 Å². The van der Waals surface area contributed by atoms with Crippen LogP contribution in [0.15, 0.2) is 46.9 Å². The maximum atomic E-state index is 12.3. The van der Waals surface area contributed by atoms with Crippen LogP contribution >= 0.6 is 11.6 Å². The molecule has 3 rings (SSSR count). The van der Waals surface area contributed by atoms with Crippen LogP contribution in [0.2, 0.25) is 5.02 Å². The van der Waals surface area contributed by atoms with Crippen molar-refractivity contribution in [2.24, 2.45) is 0 Å². The molecular formula is C20H20ClN3O3. The summed E-state index contributed by atoms with van der Waals surface area (Å²) in [7, 11) is 0. The van der Waals surface area contributed by atoms with Gasteiger partial charge in [0, 0.05) is 18.4 Å². The molecule has 140 valence electrons. The molecule has 0 aliphatic carbocycles. The third kappa shape index (κ3) is 4.86. The monoisotopic (exact) mass is 385 g/mol. The molecule has 0 bridgehead atoms. The van der Waals surface area contributed by atoms with Crippen LogP contribution in [-0.4, -0.2) is 22.7 Å². The lowest BCUT2D eigenvalue weighted by molar-refractivity contribution is -0.116. The second-order valence-electron chi connectivity index (χ2n) is 5.96. The average molecular weight is 386 g/mol. The Morgan fingerprint density at radius 1 is 1.19 bits per heavy atom. The molecule has 0 saturated carbocycles. The number of aromatic nitrogens is 2. The van der Waals surface area contributed by atoms with E-state index in [-0.39, 0.29) is 12.3 Å². The zero-order valence-electron chi connectivity index (χ0n) is 15.2. The number of ether oxygens (including phenoxy) is 1. The first kappa shape index (κ1) is 18.9. The normalized spacial score (nSPS) is 10.6. The number of para-hydroxylation sites is 1. The number of amides is 1. The van der Waals surface area contributed by atoms with Crippen molar-refractivity contribution in [3.05, 3.63) is 58.9 Å². The number of nitrogens with zero attached hydrogens (tertiary/aromatic N) is 2. The second-order valence-corrected chi connectivity index (χ2v) is 6.37. The molecule has 3 aromatic rings. The van der Waals surface area contributed by atoms with E-state index in [9.17, 15) is 4.79 Å². The van der Waals surface area contributed by atoms with Crippen LogP contribution in [0.5, 0.6) is 5.75 Å². The molecule has 1 heterocycles. The Morgan fingerprint density at radius 2 is 1.96 bits per heavy atom. The molecule has 0 fully saturated rings. The quantitative estimate of drug-likeness (QED) is 0.639. The van der Waals surface area contributed by atoms with E-state index in [1.165, 1.54) is 0 Å². The number of hydrogen-bond donors (Lipinski definition) is 1. The third-order valence-corrected chi connectivity index (χ3v) is 4.16. The molecule has 1 aromatic heterocycles. The van der Waals surface area contributed by atoms with Gasteiger partial charge in [0.2, 0.25) is 17.7 Å². The smallest absolute Gasteiger partial charge is 0.247 e. The van der Waals surface area contributed by atoms with Gasteiger partial charge in [-0.3, -0.25) is 4.79 Å². The zero-order valence-corrected chi connectivity index (χ0v) is 15.9. The third-order valence-electron chi connectivity index (χ3n) is 3.86.